The molecule has 0 aliphatic heterocycles. The van der Waals surface area contributed by atoms with E-state index in [9.17, 15) is 4.79 Å². The van der Waals surface area contributed by atoms with Crippen LogP contribution < -0.4 is 11.1 Å². The smallest absolute Gasteiger partial charge is 0.224 e. The van der Waals surface area contributed by atoms with Crippen molar-refractivity contribution in [2.45, 2.75) is 39.0 Å². The minimum absolute atomic E-state index is 0.0739. The van der Waals surface area contributed by atoms with Crippen molar-refractivity contribution in [3.63, 3.8) is 0 Å². The van der Waals surface area contributed by atoms with Crippen molar-refractivity contribution < 1.29 is 4.79 Å². The van der Waals surface area contributed by atoms with Crippen LogP contribution in [-0.4, -0.2) is 19.0 Å². The first-order valence-corrected chi connectivity index (χ1v) is 6.81. The third kappa shape index (κ3) is 5.82. The lowest BCUT2D eigenvalue weighted by atomic mass is 10.0. The van der Waals surface area contributed by atoms with Crippen LogP contribution in [0.4, 0.5) is 0 Å². The fourth-order valence-electron chi connectivity index (χ4n) is 1.78. The number of rotatable bonds is 8. The zero-order chi connectivity index (χ0) is 13.2. The number of hydrogen-bond donors (Lipinski definition) is 2. The number of benzene rings is 1. The van der Waals surface area contributed by atoms with Crippen LogP contribution in [0.3, 0.4) is 0 Å². The molecule has 0 fully saturated rings. The Morgan fingerprint density at radius 2 is 1.83 bits per heavy atom. The fourth-order valence-corrected chi connectivity index (χ4v) is 1.78. The van der Waals surface area contributed by atoms with Crippen LogP contribution in [0.15, 0.2) is 24.3 Å². The van der Waals surface area contributed by atoms with Gasteiger partial charge in [0.15, 0.2) is 0 Å². The molecule has 0 saturated carbocycles. The first kappa shape index (κ1) is 14.7. The van der Waals surface area contributed by atoms with Crippen molar-refractivity contribution in [3.05, 3.63) is 35.4 Å². The van der Waals surface area contributed by atoms with E-state index in [1.165, 1.54) is 18.4 Å². The van der Waals surface area contributed by atoms with Gasteiger partial charge in [-0.1, -0.05) is 37.6 Å². The highest BCUT2D eigenvalue weighted by Gasteiger charge is 2.02. The van der Waals surface area contributed by atoms with Gasteiger partial charge in [0.25, 0.3) is 0 Å². The van der Waals surface area contributed by atoms with E-state index < -0.39 is 0 Å². The van der Waals surface area contributed by atoms with E-state index in [-0.39, 0.29) is 5.91 Å². The lowest BCUT2D eigenvalue weighted by Gasteiger charge is -2.05. The molecule has 0 radical (unpaired) electrons. The Labute approximate surface area is 110 Å². The number of carbonyl (C=O) groups is 1. The number of carbonyl (C=O) groups excluding carboxylic acids is 1. The van der Waals surface area contributed by atoms with Gasteiger partial charge in [-0.15, -0.1) is 0 Å². The fraction of sp³-hybridized carbons (Fsp3) is 0.533. The molecule has 100 valence electrons. The summed E-state index contributed by atoms with van der Waals surface area (Å²) in [6, 6.07) is 8.34. The summed E-state index contributed by atoms with van der Waals surface area (Å²) in [5, 5.41) is 2.86. The molecule has 0 spiro atoms. The summed E-state index contributed by atoms with van der Waals surface area (Å²) in [5.41, 5.74) is 7.79. The standard InChI is InChI=1S/C15H24N2O/c1-2-3-5-13-6-8-14(9-7-13)12-15(18)17-11-4-10-16/h6-9H,2-5,10-12,16H2,1H3,(H,17,18). The quantitative estimate of drug-likeness (QED) is 0.692. The molecule has 0 aliphatic rings. The first-order chi connectivity index (χ1) is 8.76. The molecule has 0 atom stereocenters. The van der Waals surface area contributed by atoms with E-state index in [4.69, 9.17) is 5.73 Å². The van der Waals surface area contributed by atoms with Crippen molar-refractivity contribution in [2.75, 3.05) is 13.1 Å². The summed E-state index contributed by atoms with van der Waals surface area (Å²) in [6.07, 6.45) is 4.85. The van der Waals surface area contributed by atoms with Crippen molar-refractivity contribution in [3.8, 4) is 0 Å². The summed E-state index contributed by atoms with van der Waals surface area (Å²) in [7, 11) is 0. The highest BCUT2D eigenvalue weighted by atomic mass is 16.1. The molecule has 0 aliphatic carbocycles. The van der Waals surface area contributed by atoms with Gasteiger partial charge in [0.1, 0.15) is 0 Å². The van der Waals surface area contributed by atoms with Crippen molar-refractivity contribution in [2.24, 2.45) is 5.73 Å². The molecular formula is C15H24N2O. The van der Waals surface area contributed by atoms with E-state index >= 15 is 0 Å². The number of hydrogen-bond acceptors (Lipinski definition) is 2. The van der Waals surface area contributed by atoms with E-state index in [1.54, 1.807) is 0 Å². The van der Waals surface area contributed by atoms with Gasteiger partial charge in [0.05, 0.1) is 6.42 Å². The molecule has 0 aromatic heterocycles. The summed E-state index contributed by atoms with van der Waals surface area (Å²) in [5.74, 6) is 0.0739. The average Bonchev–Trinajstić information content (AvgIpc) is 2.38. The average molecular weight is 248 g/mol. The number of amides is 1. The van der Waals surface area contributed by atoms with Crippen LogP contribution in [0.1, 0.15) is 37.3 Å². The van der Waals surface area contributed by atoms with Crippen LogP contribution in [0.5, 0.6) is 0 Å². The van der Waals surface area contributed by atoms with Crippen LogP contribution in [0.25, 0.3) is 0 Å². The van der Waals surface area contributed by atoms with E-state index in [1.807, 2.05) is 12.1 Å². The minimum Gasteiger partial charge on any atom is -0.356 e. The summed E-state index contributed by atoms with van der Waals surface area (Å²) < 4.78 is 0. The number of nitrogens with two attached hydrogens (primary N) is 1. The molecule has 1 aromatic rings. The zero-order valence-corrected chi connectivity index (χ0v) is 11.2. The molecular weight excluding hydrogens is 224 g/mol. The van der Waals surface area contributed by atoms with Gasteiger partial charge in [-0.05, 0) is 36.9 Å². The van der Waals surface area contributed by atoms with Crippen molar-refractivity contribution in [1.29, 1.82) is 0 Å². The molecule has 0 bridgehead atoms. The lowest BCUT2D eigenvalue weighted by molar-refractivity contribution is -0.120. The van der Waals surface area contributed by atoms with Gasteiger partial charge in [-0.2, -0.15) is 0 Å². The molecule has 1 aromatic carbocycles. The van der Waals surface area contributed by atoms with Gasteiger partial charge in [0.2, 0.25) is 5.91 Å². The predicted molar refractivity (Wildman–Crippen MR) is 75.4 cm³/mol. The van der Waals surface area contributed by atoms with Gasteiger partial charge in [-0.25, -0.2) is 0 Å². The van der Waals surface area contributed by atoms with E-state index in [2.05, 4.69) is 24.4 Å². The third-order valence-corrected chi connectivity index (χ3v) is 2.91. The van der Waals surface area contributed by atoms with E-state index in [0.29, 0.717) is 19.5 Å². The SMILES string of the molecule is CCCCc1ccc(CC(=O)NCCCN)cc1. The molecule has 3 N–H and O–H groups in total. The molecule has 0 unspecified atom stereocenters. The normalized spacial score (nSPS) is 10.3. The number of unbranched alkanes of at least 4 members (excludes halogenated alkanes) is 1. The van der Waals surface area contributed by atoms with Crippen LogP contribution in [0, 0.1) is 0 Å². The van der Waals surface area contributed by atoms with Crippen molar-refractivity contribution >= 4 is 5.91 Å². The van der Waals surface area contributed by atoms with Crippen molar-refractivity contribution in [1.82, 2.24) is 5.32 Å². The Hall–Kier alpha value is -1.35. The Kier molecular flexibility index (Phi) is 7.11. The Bertz CT molecular complexity index is 346. The monoisotopic (exact) mass is 248 g/mol. The third-order valence-electron chi connectivity index (χ3n) is 2.91. The zero-order valence-electron chi connectivity index (χ0n) is 11.2. The highest BCUT2D eigenvalue weighted by Crippen LogP contribution is 2.08. The molecule has 3 nitrogen and oxygen atoms in total. The largest absolute Gasteiger partial charge is 0.356 e. The predicted octanol–water partition coefficient (Wildman–Crippen LogP) is 2.04. The molecule has 3 heteroatoms. The van der Waals surface area contributed by atoms with E-state index in [0.717, 1.165) is 18.4 Å². The van der Waals surface area contributed by atoms with Crippen LogP contribution in [-0.2, 0) is 17.6 Å². The summed E-state index contributed by atoms with van der Waals surface area (Å²) in [6.45, 7) is 3.48. The van der Waals surface area contributed by atoms with Gasteiger partial charge in [0, 0.05) is 6.54 Å². The maximum atomic E-state index is 11.6. The summed E-state index contributed by atoms with van der Waals surface area (Å²) in [4.78, 5) is 11.6. The number of aryl methyl sites for hydroxylation is 1. The second-order valence-corrected chi connectivity index (χ2v) is 4.59. The van der Waals surface area contributed by atoms with Gasteiger partial charge < -0.3 is 11.1 Å². The number of nitrogens with one attached hydrogen (secondary N) is 1. The Balaban J connectivity index is 2.35. The minimum atomic E-state index is 0.0739. The molecule has 1 rings (SSSR count). The highest BCUT2D eigenvalue weighted by molar-refractivity contribution is 5.78. The van der Waals surface area contributed by atoms with Crippen LogP contribution >= 0.6 is 0 Å². The maximum Gasteiger partial charge on any atom is 0.224 e. The molecule has 1 amide bonds. The lowest BCUT2D eigenvalue weighted by Crippen LogP contribution is -2.27. The second kappa shape index (κ2) is 8.70. The Morgan fingerprint density at radius 1 is 1.17 bits per heavy atom. The first-order valence-electron chi connectivity index (χ1n) is 6.81. The topological polar surface area (TPSA) is 55.1 Å². The second-order valence-electron chi connectivity index (χ2n) is 4.59. The Morgan fingerprint density at radius 3 is 2.44 bits per heavy atom. The molecule has 18 heavy (non-hydrogen) atoms. The summed E-state index contributed by atoms with van der Waals surface area (Å²) >= 11 is 0. The molecule has 0 heterocycles. The maximum absolute atomic E-state index is 11.6. The van der Waals surface area contributed by atoms with Gasteiger partial charge >= 0.3 is 0 Å². The van der Waals surface area contributed by atoms with Crippen LogP contribution in [0.2, 0.25) is 0 Å². The van der Waals surface area contributed by atoms with Gasteiger partial charge in [-0.3, -0.25) is 4.79 Å². The molecule has 0 saturated heterocycles.